The van der Waals surface area contributed by atoms with E-state index in [9.17, 15) is 4.79 Å². The number of H-pyrrole nitrogens is 2. The van der Waals surface area contributed by atoms with Crippen LogP contribution in [0.15, 0.2) is 29.2 Å². The number of hydrogen-bond acceptors (Lipinski definition) is 3. The van der Waals surface area contributed by atoms with Crippen molar-refractivity contribution in [3.8, 4) is 0 Å². The first-order valence-electron chi connectivity index (χ1n) is 10.6. The Morgan fingerprint density at radius 1 is 1.21 bits per heavy atom. The SMILES string of the molecule is Cc1ccc2[nH]cc(CN3CCc4c(nc(C5CCCCC5)[nH]c4=O)C3)c2c1. The van der Waals surface area contributed by atoms with Crippen molar-refractivity contribution in [1.82, 2.24) is 19.9 Å². The quantitative estimate of drug-likeness (QED) is 0.721. The summed E-state index contributed by atoms with van der Waals surface area (Å²) in [4.78, 5) is 26.5. The molecule has 1 aliphatic heterocycles. The van der Waals surface area contributed by atoms with Crippen LogP contribution in [0.4, 0.5) is 0 Å². The van der Waals surface area contributed by atoms with E-state index in [1.807, 2.05) is 0 Å². The van der Waals surface area contributed by atoms with Gasteiger partial charge in [-0.1, -0.05) is 30.9 Å². The van der Waals surface area contributed by atoms with Crippen molar-refractivity contribution in [1.29, 1.82) is 0 Å². The summed E-state index contributed by atoms with van der Waals surface area (Å²) in [7, 11) is 0. The van der Waals surface area contributed by atoms with Gasteiger partial charge in [0, 0.05) is 48.2 Å². The molecule has 5 rings (SSSR count). The Morgan fingerprint density at radius 3 is 2.93 bits per heavy atom. The van der Waals surface area contributed by atoms with Gasteiger partial charge in [0.05, 0.1) is 5.69 Å². The number of rotatable bonds is 3. The molecule has 1 aromatic carbocycles. The summed E-state index contributed by atoms with van der Waals surface area (Å²) < 4.78 is 0. The minimum absolute atomic E-state index is 0.0907. The zero-order valence-electron chi connectivity index (χ0n) is 16.6. The molecule has 0 bridgehead atoms. The van der Waals surface area contributed by atoms with E-state index in [2.05, 4.69) is 46.2 Å². The van der Waals surface area contributed by atoms with E-state index >= 15 is 0 Å². The molecule has 0 radical (unpaired) electrons. The highest BCUT2D eigenvalue weighted by atomic mass is 16.1. The van der Waals surface area contributed by atoms with Gasteiger partial charge in [-0.3, -0.25) is 9.69 Å². The lowest BCUT2D eigenvalue weighted by Crippen LogP contribution is -2.35. The molecular formula is C23H28N4O. The standard InChI is InChI=1S/C23H28N4O/c1-15-7-8-20-19(11-15)17(12-24-20)13-27-10-9-18-21(14-27)25-22(26-23(18)28)16-5-3-2-4-6-16/h7-8,11-12,16,24H,2-6,9-10,13-14H2,1H3,(H,25,26,28). The van der Waals surface area contributed by atoms with Crippen LogP contribution < -0.4 is 5.56 Å². The molecule has 146 valence electrons. The van der Waals surface area contributed by atoms with E-state index in [1.54, 1.807) is 0 Å². The number of fused-ring (bicyclic) bond motifs is 2. The molecule has 0 atom stereocenters. The van der Waals surface area contributed by atoms with E-state index in [0.717, 1.165) is 56.0 Å². The van der Waals surface area contributed by atoms with Crippen LogP contribution in [0.3, 0.4) is 0 Å². The topological polar surface area (TPSA) is 64.8 Å². The Labute approximate surface area is 165 Å². The van der Waals surface area contributed by atoms with Crippen molar-refractivity contribution >= 4 is 10.9 Å². The average Bonchev–Trinajstić information content (AvgIpc) is 3.10. The number of aryl methyl sites for hydroxylation is 1. The van der Waals surface area contributed by atoms with Gasteiger partial charge in [0.1, 0.15) is 5.82 Å². The molecule has 1 fully saturated rings. The second-order valence-electron chi connectivity index (χ2n) is 8.53. The van der Waals surface area contributed by atoms with Gasteiger partial charge in [0.25, 0.3) is 5.56 Å². The Kier molecular flexibility index (Phi) is 4.55. The Hall–Kier alpha value is -2.40. The summed E-state index contributed by atoms with van der Waals surface area (Å²) in [5.41, 5.74) is 5.76. The maximum Gasteiger partial charge on any atom is 0.254 e. The summed E-state index contributed by atoms with van der Waals surface area (Å²) in [6.07, 6.45) is 9.02. The maximum absolute atomic E-state index is 12.6. The van der Waals surface area contributed by atoms with Crippen LogP contribution in [0.2, 0.25) is 0 Å². The van der Waals surface area contributed by atoms with E-state index in [1.165, 1.54) is 41.3 Å². The van der Waals surface area contributed by atoms with Gasteiger partial charge in [0.15, 0.2) is 0 Å². The van der Waals surface area contributed by atoms with Gasteiger partial charge < -0.3 is 9.97 Å². The smallest absolute Gasteiger partial charge is 0.254 e. The fourth-order valence-electron chi connectivity index (χ4n) is 4.88. The van der Waals surface area contributed by atoms with Gasteiger partial charge in [-0.25, -0.2) is 4.98 Å². The normalized spacial score (nSPS) is 18.5. The number of aromatic amines is 2. The summed E-state index contributed by atoms with van der Waals surface area (Å²) in [5.74, 6) is 1.35. The molecule has 0 amide bonds. The molecule has 0 unspecified atom stereocenters. The molecule has 3 aromatic rings. The highest BCUT2D eigenvalue weighted by molar-refractivity contribution is 5.83. The van der Waals surface area contributed by atoms with Crippen LogP contribution in [0.5, 0.6) is 0 Å². The molecule has 0 saturated heterocycles. The third kappa shape index (κ3) is 3.28. The molecule has 3 heterocycles. The lowest BCUT2D eigenvalue weighted by Gasteiger charge is -2.28. The number of hydrogen-bond donors (Lipinski definition) is 2. The van der Waals surface area contributed by atoms with Crippen LogP contribution >= 0.6 is 0 Å². The first-order valence-corrected chi connectivity index (χ1v) is 10.6. The van der Waals surface area contributed by atoms with Gasteiger partial charge in [0.2, 0.25) is 0 Å². The van der Waals surface area contributed by atoms with Crippen molar-refractivity contribution in [3.05, 3.63) is 63.0 Å². The van der Waals surface area contributed by atoms with Gasteiger partial charge in [-0.05, 0) is 43.9 Å². The second-order valence-corrected chi connectivity index (χ2v) is 8.53. The molecule has 2 aliphatic rings. The summed E-state index contributed by atoms with van der Waals surface area (Å²) in [6, 6.07) is 6.54. The summed E-state index contributed by atoms with van der Waals surface area (Å²) >= 11 is 0. The highest BCUT2D eigenvalue weighted by Crippen LogP contribution is 2.31. The van der Waals surface area contributed by atoms with Gasteiger partial charge in [-0.15, -0.1) is 0 Å². The van der Waals surface area contributed by atoms with Gasteiger partial charge >= 0.3 is 0 Å². The lowest BCUT2D eigenvalue weighted by molar-refractivity contribution is 0.240. The summed E-state index contributed by atoms with van der Waals surface area (Å²) in [6.45, 7) is 4.68. The zero-order chi connectivity index (χ0) is 19.1. The van der Waals surface area contributed by atoms with Crippen molar-refractivity contribution in [2.45, 2.75) is 64.5 Å². The van der Waals surface area contributed by atoms with Crippen LogP contribution in [0.25, 0.3) is 10.9 Å². The van der Waals surface area contributed by atoms with Crippen LogP contribution in [0, 0.1) is 6.92 Å². The predicted octanol–water partition coefficient (Wildman–Crippen LogP) is 4.17. The van der Waals surface area contributed by atoms with Gasteiger partial charge in [-0.2, -0.15) is 0 Å². The van der Waals surface area contributed by atoms with Crippen LogP contribution in [0.1, 0.15) is 66.2 Å². The second kappa shape index (κ2) is 7.21. The Bertz CT molecular complexity index is 1060. The maximum atomic E-state index is 12.6. The molecule has 1 aliphatic carbocycles. The largest absolute Gasteiger partial charge is 0.361 e. The van der Waals surface area contributed by atoms with E-state index < -0.39 is 0 Å². The molecule has 5 heteroatoms. The third-order valence-corrected chi connectivity index (χ3v) is 6.48. The van der Waals surface area contributed by atoms with Crippen LogP contribution in [-0.2, 0) is 19.5 Å². The summed E-state index contributed by atoms with van der Waals surface area (Å²) in [5, 5.41) is 1.30. The highest BCUT2D eigenvalue weighted by Gasteiger charge is 2.25. The average molecular weight is 377 g/mol. The number of aromatic nitrogens is 3. The third-order valence-electron chi connectivity index (χ3n) is 6.48. The fourth-order valence-corrected chi connectivity index (χ4v) is 4.88. The Balaban J connectivity index is 1.40. The van der Waals surface area contributed by atoms with Crippen molar-refractivity contribution in [2.75, 3.05) is 6.54 Å². The van der Waals surface area contributed by atoms with Crippen molar-refractivity contribution in [3.63, 3.8) is 0 Å². The predicted molar refractivity (Wildman–Crippen MR) is 112 cm³/mol. The van der Waals surface area contributed by atoms with E-state index in [-0.39, 0.29) is 5.56 Å². The first kappa shape index (κ1) is 17.7. The number of nitrogens with zero attached hydrogens (tertiary/aromatic N) is 2. The minimum atomic E-state index is 0.0907. The number of benzene rings is 1. The molecular weight excluding hydrogens is 348 g/mol. The first-order chi connectivity index (χ1) is 13.7. The molecule has 5 nitrogen and oxygen atoms in total. The molecule has 2 N–H and O–H groups in total. The lowest BCUT2D eigenvalue weighted by atomic mass is 9.88. The van der Waals surface area contributed by atoms with E-state index in [0.29, 0.717) is 5.92 Å². The van der Waals surface area contributed by atoms with Crippen molar-refractivity contribution in [2.24, 2.45) is 0 Å². The zero-order valence-corrected chi connectivity index (χ0v) is 16.6. The minimum Gasteiger partial charge on any atom is -0.361 e. The monoisotopic (exact) mass is 376 g/mol. The molecule has 1 saturated carbocycles. The molecule has 2 aromatic heterocycles. The molecule has 0 spiro atoms. The van der Waals surface area contributed by atoms with E-state index in [4.69, 9.17) is 4.98 Å². The fraction of sp³-hybridized carbons (Fsp3) is 0.478. The Morgan fingerprint density at radius 2 is 2.07 bits per heavy atom. The number of nitrogens with one attached hydrogen (secondary N) is 2. The molecule has 28 heavy (non-hydrogen) atoms. The van der Waals surface area contributed by atoms with Crippen LogP contribution in [-0.4, -0.2) is 26.4 Å². The van der Waals surface area contributed by atoms with Crippen molar-refractivity contribution < 1.29 is 0 Å².